The van der Waals surface area contributed by atoms with Crippen LogP contribution >= 0.6 is 0 Å². The first-order chi connectivity index (χ1) is 10.8. The lowest BCUT2D eigenvalue weighted by Gasteiger charge is -2.02. The van der Waals surface area contributed by atoms with Gasteiger partial charge in [0.15, 0.2) is 0 Å². The van der Waals surface area contributed by atoms with E-state index < -0.39 is 0 Å². The van der Waals surface area contributed by atoms with Gasteiger partial charge in [0.25, 0.3) is 0 Å². The average Bonchev–Trinajstić information content (AvgIpc) is 2.56. The van der Waals surface area contributed by atoms with E-state index in [0.29, 0.717) is 0 Å². The van der Waals surface area contributed by atoms with Gasteiger partial charge in [-0.3, -0.25) is 20.0 Å². The molecule has 0 saturated carbocycles. The summed E-state index contributed by atoms with van der Waals surface area (Å²) >= 11 is 0. The normalized spacial score (nSPS) is 12.5. The molecule has 0 bridgehead atoms. The van der Waals surface area contributed by atoms with Gasteiger partial charge in [0.05, 0.1) is 11.4 Å². The van der Waals surface area contributed by atoms with Gasteiger partial charge < -0.3 is 0 Å². The Morgan fingerprint density at radius 2 is 1.23 bits per heavy atom. The van der Waals surface area contributed by atoms with Gasteiger partial charge in [0.1, 0.15) is 0 Å². The van der Waals surface area contributed by atoms with Crippen LogP contribution in [0.5, 0.6) is 0 Å². The summed E-state index contributed by atoms with van der Waals surface area (Å²) in [6.45, 7) is 5.52. The number of aliphatic imine (C=N–C) groups is 2. The van der Waals surface area contributed by atoms with Crippen LogP contribution in [0.1, 0.15) is 25.2 Å². The molecule has 114 valence electrons. The van der Waals surface area contributed by atoms with E-state index in [9.17, 15) is 0 Å². The predicted octanol–water partition coefficient (Wildman–Crippen LogP) is 3.18. The molecule has 2 heterocycles. The topological polar surface area (TPSA) is 50.5 Å². The van der Waals surface area contributed by atoms with Crippen LogP contribution in [0.15, 0.2) is 58.8 Å². The van der Waals surface area contributed by atoms with Gasteiger partial charge in [0, 0.05) is 49.7 Å². The van der Waals surface area contributed by atoms with Crippen LogP contribution in [0.3, 0.4) is 0 Å². The molecular formula is C18H22N4. The molecule has 22 heavy (non-hydrogen) atoms. The SMILES string of the molecule is CC(=NCCc1ccccn1)C(C)=NCCc1ccccn1. The molecular weight excluding hydrogens is 272 g/mol. The van der Waals surface area contributed by atoms with Crippen molar-refractivity contribution in [3.05, 3.63) is 60.2 Å². The number of pyridine rings is 2. The number of aromatic nitrogens is 2. The molecule has 0 aliphatic rings. The van der Waals surface area contributed by atoms with Gasteiger partial charge in [-0.15, -0.1) is 0 Å². The lowest BCUT2D eigenvalue weighted by atomic mass is 10.2. The molecule has 0 spiro atoms. The Hall–Kier alpha value is -2.36. The molecule has 0 radical (unpaired) electrons. The molecule has 0 saturated heterocycles. The molecule has 2 aromatic heterocycles. The fourth-order valence-corrected chi connectivity index (χ4v) is 2.00. The zero-order valence-electron chi connectivity index (χ0n) is 13.2. The Bertz CT molecular complexity index is 561. The van der Waals surface area contributed by atoms with E-state index in [1.807, 2.05) is 62.6 Å². The van der Waals surface area contributed by atoms with Gasteiger partial charge in [-0.1, -0.05) is 12.1 Å². The largest absolute Gasteiger partial charge is 0.288 e. The minimum Gasteiger partial charge on any atom is -0.288 e. The van der Waals surface area contributed by atoms with E-state index in [1.165, 1.54) is 0 Å². The first kappa shape index (κ1) is 16.0. The summed E-state index contributed by atoms with van der Waals surface area (Å²) in [5, 5.41) is 0. The molecule has 2 rings (SSSR count). The highest BCUT2D eigenvalue weighted by atomic mass is 14.8. The van der Waals surface area contributed by atoms with Crippen molar-refractivity contribution < 1.29 is 0 Å². The second-order valence-corrected chi connectivity index (χ2v) is 5.08. The highest BCUT2D eigenvalue weighted by Crippen LogP contribution is 1.97. The molecule has 0 atom stereocenters. The lowest BCUT2D eigenvalue weighted by Crippen LogP contribution is -2.09. The van der Waals surface area contributed by atoms with Crippen molar-refractivity contribution in [1.29, 1.82) is 0 Å². The van der Waals surface area contributed by atoms with Crippen LogP contribution in [0, 0.1) is 0 Å². The minimum atomic E-state index is 0.746. The second-order valence-electron chi connectivity index (χ2n) is 5.08. The average molecular weight is 294 g/mol. The van der Waals surface area contributed by atoms with Gasteiger partial charge in [0.2, 0.25) is 0 Å². The third-order valence-corrected chi connectivity index (χ3v) is 3.41. The number of hydrogen-bond acceptors (Lipinski definition) is 4. The van der Waals surface area contributed by atoms with Crippen molar-refractivity contribution in [2.75, 3.05) is 13.1 Å². The molecule has 4 nitrogen and oxygen atoms in total. The molecule has 0 aliphatic heterocycles. The van der Waals surface area contributed by atoms with E-state index >= 15 is 0 Å². The van der Waals surface area contributed by atoms with Crippen molar-refractivity contribution in [1.82, 2.24) is 9.97 Å². The van der Waals surface area contributed by atoms with E-state index in [4.69, 9.17) is 0 Å². The summed E-state index contributed by atoms with van der Waals surface area (Å²) in [5.74, 6) is 0. The minimum absolute atomic E-state index is 0.746. The molecule has 0 aliphatic carbocycles. The Kier molecular flexibility index (Phi) is 6.42. The zero-order chi connectivity index (χ0) is 15.6. The predicted molar refractivity (Wildman–Crippen MR) is 91.8 cm³/mol. The monoisotopic (exact) mass is 294 g/mol. The molecule has 0 unspecified atom stereocenters. The summed E-state index contributed by atoms with van der Waals surface area (Å²) in [4.78, 5) is 17.7. The fourth-order valence-electron chi connectivity index (χ4n) is 2.00. The Morgan fingerprint density at radius 3 is 1.59 bits per heavy atom. The smallest absolute Gasteiger partial charge is 0.0524 e. The van der Waals surface area contributed by atoms with Crippen molar-refractivity contribution in [3.63, 3.8) is 0 Å². The third-order valence-electron chi connectivity index (χ3n) is 3.41. The number of nitrogens with zero attached hydrogens (tertiary/aromatic N) is 4. The molecule has 4 heteroatoms. The highest BCUT2D eigenvalue weighted by Gasteiger charge is 1.98. The highest BCUT2D eigenvalue weighted by molar-refractivity contribution is 6.40. The lowest BCUT2D eigenvalue weighted by molar-refractivity contribution is 0.917. The molecule has 0 fully saturated rings. The van der Waals surface area contributed by atoms with Crippen LogP contribution in [-0.2, 0) is 12.8 Å². The van der Waals surface area contributed by atoms with Crippen LogP contribution in [-0.4, -0.2) is 34.5 Å². The fraction of sp³-hybridized carbons (Fsp3) is 0.333. The number of rotatable bonds is 7. The molecule has 0 aromatic carbocycles. The first-order valence-electron chi connectivity index (χ1n) is 7.58. The summed E-state index contributed by atoms with van der Waals surface area (Å²) in [7, 11) is 0. The van der Waals surface area contributed by atoms with Crippen LogP contribution in [0.4, 0.5) is 0 Å². The molecule has 2 aromatic rings. The van der Waals surface area contributed by atoms with E-state index in [1.54, 1.807) is 0 Å². The van der Waals surface area contributed by atoms with Crippen LogP contribution in [0.25, 0.3) is 0 Å². The van der Waals surface area contributed by atoms with E-state index in [-0.39, 0.29) is 0 Å². The van der Waals surface area contributed by atoms with Crippen LogP contribution in [0.2, 0.25) is 0 Å². The molecule has 0 N–H and O–H groups in total. The second kappa shape index (κ2) is 8.82. The Labute approximate surface area is 132 Å². The standard InChI is InChI=1S/C18H22N4/c1-15(19-13-9-17-7-3-5-11-21-17)16(2)20-14-10-18-8-4-6-12-22-18/h3-8,11-12H,9-10,13-14H2,1-2H3. The molecule has 0 amide bonds. The van der Waals surface area contributed by atoms with E-state index in [0.717, 1.165) is 48.7 Å². The Balaban J connectivity index is 1.79. The Morgan fingerprint density at radius 1 is 0.773 bits per heavy atom. The zero-order valence-corrected chi connectivity index (χ0v) is 13.2. The van der Waals surface area contributed by atoms with Crippen molar-refractivity contribution >= 4 is 11.4 Å². The van der Waals surface area contributed by atoms with Gasteiger partial charge in [-0.2, -0.15) is 0 Å². The van der Waals surface area contributed by atoms with Crippen molar-refractivity contribution in [2.45, 2.75) is 26.7 Å². The first-order valence-corrected chi connectivity index (χ1v) is 7.58. The summed E-state index contributed by atoms with van der Waals surface area (Å²) in [5.41, 5.74) is 4.14. The van der Waals surface area contributed by atoms with Crippen molar-refractivity contribution in [3.8, 4) is 0 Å². The maximum Gasteiger partial charge on any atom is 0.0524 e. The number of hydrogen-bond donors (Lipinski definition) is 0. The summed E-state index contributed by atoms with van der Waals surface area (Å²) < 4.78 is 0. The van der Waals surface area contributed by atoms with Gasteiger partial charge in [-0.05, 0) is 38.1 Å². The van der Waals surface area contributed by atoms with E-state index in [2.05, 4.69) is 20.0 Å². The maximum atomic E-state index is 4.58. The van der Waals surface area contributed by atoms with Crippen molar-refractivity contribution in [2.24, 2.45) is 9.98 Å². The summed E-state index contributed by atoms with van der Waals surface area (Å²) in [6, 6.07) is 11.9. The van der Waals surface area contributed by atoms with Gasteiger partial charge >= 0.3 is 0 Å². The van der Waals surface area contributed by atoms with Crippen LogP contribution < -0.4 is 0 Å². The summed E-state index contributed by atoms with van der Waals surface area (Å²) in [6.07, 6.45) is 5.35. The third kappa shape index (κ3) is 5.56. The van der Waals surface area contributed by atoms with Gasteiger partial charge in [-0.25, -0.2) is 0 Å². The maximum absolute atomic E-state index is 4.58. The quantitative estimate of drug-likeness (QED) is 0.736.